The van der Waals surface area contributed by atoms with Crippen molar-refractivity contribution in [3.8, 4) is 11.4 Å². The molecule has 0 bridgehead atoms. The summed E-state index contributed by atoms with van der Waals surface area (Å²) in [6.07, 6.45) is 5.57. The third-order valence-electron chi connectivity index (χ3n) is 6.37. The number of aromatic nitrogens is 3. The van der Waals surface area contributed by atoms with Gasteiger partial charge in [-0.05, 0) is 49.4 Å². The second kappa shape index (κ2) is 8.57. The first-order chi connectivity index (χ1) is 15.6. The van der Waals surface area contributed by atoms with Gasteiger partial charge in [0.25, 0.3) is 0 Å². The summed E-state index contributed by atoms with van der Waals surface area (Å²) in [5.41, 5.74) is 4.56. The van der Waals surface area contributed by atoms with Crippen molar-refractivity contribution in [2.45, 2.75) is 52.0 Å². The van der Waals surface area contributed by atoms with Crippen LogP contribution in [-0.4, -0.2) is 33.1 Å². The summed E-state index contributed by atoms with van der Waals surface area (Å²) in [7, 11) is 0. The predicted octanol–water partition coefficient (Wildman–Crippen LogP) is 3.90. The average Bonchev–Trinajstić information content (AvgIpc) is 3.05. The van der Waals surface area contributed by atoms with Crippen LogP contribution < -0.4 is 10.2 Å². The van der Waals surface area contributed by atoms with Gasteiger partial charge in [-0.15, -0.1) is 10.2 Å². The number of rotatable bonds is 4. The number of amides is 2. The summed E-state index contributed by atoms with van der Waals surface area (Å²) in [5, 5.41) is 11.8. The fourth-order valence-corrected chi connectivity index (χ4v) is 4.60. The number of nitrogens with one attached hydrogen (secondary N) is 1. The van der Waals surface area contributed by atoms with E-state index in [9.17, 15) is 9.59 Å². The van der Waals surface area contributed by atoms with Crippen LogP contribution in [0.1, 0.15) is 42.6 Å². The van der Waals surface area contributed by atoms with E-state index in [0.717, 1.165) is 71.9 Å². The molecule has 3 aromatic rings. The Morgan fingerprint density at radius 2 is 1.91 bits per heavy atom. The monoisotopic (exact) mass is 429 g/mol. The minimum absolute atomic E-state index is 0.000154. The molecule has 0 aliphatic carbocycles. The quantitative estimate of drug-likeness (QED) is 0.682. The molecule has 0 radical (unpaired) electrons. The molecule has 0 atom stereocenters. The fourth-order valence-electron chi connectivity index (χ4n) is 4.60. The van der Waals surface area contributed by atoms with Gasteiger partial charge in [0.1, 0.15) is 12.4 Å². The third kappa shape index (κ3) is 3.90. The maximum atomic E-state index is 12.9. The molecule has 7 nitrogen and oxygen atoms in total. The Morgan fingerprint density at radius 1 is 1.03 bits per heavy atom. The van der Waals surface area contributed by atoms with Gasteiger partial charge < -0.3 is 14.8 Å². The molecule has 164 valence electrons. The minimum atomic E-state index is -0.213. The van der Waals surface area contributed by atoms with Gasteiger partial charge in [-0.2, -0.15) is 0 Å². The molecular weight excluding hydrogens is 402 g/mol. The van der Waals surface area contributed by atoms with Gasteiger partial charge in [0.05, 0.1) is 0 Å². The number of fused-ring (bicyclic) bond motifs is 2. The largest absolute Gasteiger partial charge is 0.324 e. The number of anilines is 2. The summed E-state index contributed by atoms with van der Waals surface area (Å²) >= 11 is 0. The fraction of sp³-hybridized carbons (Fsp3) is 0.360. The molecule has 1 N–H and O–H groups in total. The Kier molecular flexibility index (Phi) is 5.47. The van der Waals surface area contributed by atoms with Crippen LogP contribution in [-0.2, 0) is 29.0 Å². The lowest BCUT2D eigenvalue weighted by Gasteiger charge is -2.28. The van der Waals surface area contributed by atoms with Crippen molar-refractivity contribution in [1.82, 2.24) is 14.8 Å². The highest BCUT2D eigenvalue weighted by atomic mass is 16.2. The molecule has 2 aliphatic rings. The maximum absolute atomic E-state index is 12.9. The molecule has 32 heavy (non-hydrogen) atoms. The Hall–Kier alpha value is -3.48. The van der Waals surface area contributed by atoms with Crippen LogP contribution in [0.2, 0.25) is 0 Å². The molecule has 0 fully saturated rings. The number of carbonyl (C=O) groups excluding carboxylic acids is 2. The summed E-state index contributed by atoms with van der Waals surface area (Å²) in [4.78, 5) is 27.0. The van der Waals surface area contributed by atoms with Gasteiger partial charge in [-0.3, -0.25) is 9.59 Å². The highest BCUT2D eigenvalue weighted by Gasteiger charge is 2.26. The second-order valence-corrected chi connectivity index (χ2v) is 8.59. The molecule has 1 aromatic heterocycles. The van der Waals surface area contributed by atoms with Gasteiger partial charge in [-0.1, -0.05) is 36.8 Å². The van der Waals surface area contributed by atoms with E-state index in [-0.39, 0.29) is 18.4 Å². The number of hydrogen-bond donors (Lipinski definition) is 1. The SMILES string of the molecule is Cc1ccc(-c2nnc3n2CCCCC3)cc1NC(=O)CN1C(=O)CCc2ccccc21. The van der Waals surface area contributed by atoms with Crippen molar-refractivity contribution < 1.29 is 9.59 Å². The van der Waals surface area contributed by atoms with Crippen molar-refractivity contribution >= 4 is 23.2 Å². The van der Waals surface area contributed by atoms with Gasteiger partial charge >= 0.3 is 0 Å². The van der Waals surface area contributed by atoms with Gasteiger partial charge in [0, 0.05) is 36.3 Å². The number of nitrogens with zero attached hydrogens (tertiary/aromatic N) is 4. The molecule has 2 amide bonds. The molecule has 5 rings (SSSR count). The molecule has 3 heterocycles. The molecule has 0 saturated heterocycles. The molecule has 2 aliphatic heterocycles. The lowest BCUT2D eigenvalue weighted by atomic mass is 10.0. The lowest BCUT2D eigenvalue weighted by molar-refractivity contribution is -0.121. The maximum Gasteiger partial charge on any atom is 0.244 e. The third-order valence-corrected chi connectivity index (χ3v) is 6.37. The van der Waals surface area contributed by atoms with E-state index in [0.29, 0.717) is 6.42 Å². The van der Waals surface area contributed by atoms with E-state index in [2.05, 4.69) is 20.1 Å². The first-order valence-electron chi connectivity index (χ1n) is 11.3. The van der Waals surface area contributed by atoms with Crippen molar-refractivity contribution in [2.24, 2.45) is 0 Å². The highest BCUT2D eigenvalue weighted by Crippen LogP contribution is 2.29. The zero-order chi connectivity index (χ0) is 22.1. The zero-order valence-electron chi connectivity index (χ0n) is 18.3. The van der Waals surface area contributed by atoms with E-state index in [1.807, 2.05) is 49.4 Å². The Balaban J connectivity index is 1.37. The van der Waals surface area contributed by atoms with Crippen LogP contribution in [0.3, 0.4) is 0 Å². The van der Waals surface area contributed by atoms with Gasteiger partial charge in [-0.25, -0.2) is 0 Å². The Bertz CT molecular complexity index is 1180. The lowest BCUT2D eigenvalue weighted by Crippen LogP contribution is -2.40. The number of para-hydroxylation sites is 1. The van der Waals surface area contributed by atoms with Crippen LogP contribution in [0.25, 0.3) is 11.4 Å². The molecule has 0 unspecified atom stereocenters. The van der Waals surface area contributed by atoms with Crippen LogP contribution in [0.15, 0.2) is 42.5 Å². The Morgan fingerprint density at radius 3 is 2.81 bits per heavy atom. The minimum Gasteiger partial charge on any atom is -0.324 e. The first-order valence-corrected chi connectivity index (χ1v) is 11.3. The van der Waals surface area contributed by atoms with Crippen molar-refractivity contribution in [3.05, 3.63) is 59.4 Å². The van der Waals surface area contributed by atoms with Crippen molar-refractivity contribution in [1.29, 1.82) is 0 Å². The smallest absolute Gasteiger partial charge is 0.244 e. The van der Waals surface area contributed by atoms with E-state index in [4.69, 9.17) is 0 Å². The van der Waals surface area contributed by atoms with Gasteiger partial charge in [0.15, 0.2) is 5.82 Å². The number of carbonyl (C=O) groups is 2. The van der Waals surface area contributed by atoms with Crippen molar-refractivity contribution in [2.75, 3.05) is 16.8 Å². The topological polar surface area (TPSA) is 80.1 Å². The number of aryl methyl sites for hydroxylation is 3. The zero-order valence-corrected chi connectivity index (χ0v) is 18.3. The molecular formula is C25H27N5O2. The summed E-state index contributed by atoms with van der Waals surface area (Å²) in [6, 6.07) is 13.8. The standard InChI is InChI=1S/C25H27N5O2/c1-17-10-11-19(25-28-27-22-9-3-2-6-14-29(22)25)15-20(17)26-23(31)16-30-21-8-5-4-7-18(21)12-13-24(30)32/h4-5,7-8,10-11,15H,2-3,6,9,12-14,16H2,1H3,(H,26,31). The average molecular weight is 430 g/mol. The van der Waals surface area contributed by atoms with Gasteiger partial charge in [0.2, 0.25) is 11.8 Å². The van der Waals surface area contributed by atoms with E-state index < -0.39 is 0 Å². The highest BCUT2D eigenvalue weighted by molar-refractivity contribution is 6.04. The van der Waals surface area contributed by atoms with E-state index in [1.165, 1.54) is 6.42 Å². The number of benzene rings is 2. The first kappa shape index (κ1) is 20.4. The summed E-state index contributed by atoms with van der Waals surface area (Å²) in [5.74, 6) is 1.65. The molecule has 0 spiro atoms. The predicted molar refractivity (Wildman–Crippen MR) is 123 cm³/mol. The number of hydrogen-bond acceptors (Lipinski definition) is 4. The molecule has 0 saturated carbocycles. The van der Waals surface area contributed by atoms with Crippen LogP contribution >= 0.6 is 0 Å². The van der Waals surface area contributed by atoms with Crippen molar-refractivity contribution in [3.63, 3.8) is 0 Å². The molecule has 2 aromatic carbocycles. The normalized spacial score (nSPS) is 15.7. The Labute approximate surface area is 187 Å². The second-order valence-electron chi connectivity index (χ2n) is 8.59. The van der Waals surface area contributed by atoms with E-state index >= 15 is 0 Å². The van der Waals surface area contributed by atoms with Crippen LogP contribution in [0.4, 0.5) is 11.4 Å². The van der Waals surface area contributed by atoms with E-state index in [1.54, 1.807) is 4.90 Å². The summed E-state index contributed by atoms with van der Waals surface area (Å²) < 4.78 is 2.20. The summed E-state index contributed by atoms with van der Waals surface area (Å²) in [6.45, 7) is 2.88. The van der Waals surface area contributed by atoms with Crippen LogP contribution in [0.5, 0.6) is 0 Å². The van der Waals surface area contributed by atoms with Crippen LogP contribution in [0, 0.1) is 6.92 Å². The molecule has 7 heteroatoms.